The van der Waals surface area contributed by atoms with Gasteiger partial charge in [0.15, 0.2) is 0 Å². The van der Waals surface area contributed by atoms with Gasteiger partial charge in [-0.1, -0.05) is 6.42 Å². The van der Waals surface area contributed by atoms with Crippen molar-refractivity contribution in [1.29, 1.82) is 0 Å². The van der Waals surface area contributed by atoms with Crippen molar-refractivity contribution in [2.45, 2.75) is 31.6 Å². The zero-order valence-corrected chi connectivity index (χ0v) is 8.71. The Labute approximate surface area is 90.5 Å². The first kappa shape index (κ1) is 14.1. The van der Waals surface area contributed by atoms with Crippen LogP contribution in [0.1, 0.15) is 25.7 Å². The maximum absolute atomic E-state index is 5.39. The van der Waals surface area contributed by atoms with Crippen molar-refractivity contribution in [1.82, 2.24) is 5.06 Å². The number of rotatable bonds is 3. The van der Waals surface area contributed by atoms with Crippen molar-refractivity contribution >= 4 is 11.0 Å². The zero-order valence-electron chi connectivity index (χ0n) is 8.71. The summed E-state index contributed by atoms with van der Waals surface area (Å²) >= 11 is 0. The zero-order chi connectivity index (χ0) is 9.73. The highest BCUT2D eigenvalue weighted by molar-refractivity contribution is 5.75. The molecular formula is C9H23NO3Si. The minimum absolute atomic E-state index is 0. The van der Waals surface area contributed by atoms with Crippen LogP contribution in [0.3, 0.4) is 0 Å². The molecular weight excluding hydrogens is 198 g/mol. The first-order valence-electron chi connectivity index (χ1n) is 4.71. The van der Waals surface area contributed by atoms with Crippen molar-refractivity contribution in [3.63, 3.8) is 0 Å². The van der Waals surface area contributed by atoms with E-state index >= 15 is 0 Å². The van der Waals surface area contributed by atoms with E-state index in [1.54, 1.807) is 26.4 Å². The van der Waals surface area contributed by atoms with Gasteiger partial charge in [-0.3, -0.25) is 4.84 Å². The van der Waals surface area contributed by atoms with Crippen molar-refractivity contribution < 1.29 is 14.3 Å². The summed E-state index contributed by atoms with van der Waals surface area (Å²) in [7, 11) is 4.96. The van der Waals surface area contributed by atoms with Crippen molar-refractivity contribution in [2.75, 3.05) is 27.9 Å². The minimum atomic E-state index is -0.675. The van der Waals surface area contributed by atoms with Gasteiger partial charge in [0.2, 0.25) is 0 Å². The maximum Gasteiger partial charge on any atom is 0.251 e. The van der Waals surface area contributed by atoms with Gasteiger partial charge in [-0.2, -0.15) is 0 Å². The summed E-state index contributed by atoms with van der Waals surface area (Å²) in [4.78, 5) is 5.25. The predicted octanol–water partition coefficient (Wildman–Crippen LogP) is -0.0812. The van der Waals surface area contributed by atoms with E-state index in [0.29, 0.717) is 0 Å². The van der Waals surface area contributed by atoms with Crippen molar-refractivity contribution in [2.24, 2.45) is 0 Å². The van der Waals surface area contributed by atoms with Crippen LogP contribution in [0.4, 0.5) is 0 Å². The number of ether oxygens (including phenoxy) is 2. The molecule has 0 spiro atoms. The highest BCUT2D eigenvalue weighted by atomic mass is 28.1. The van der Waals surface area contributed by atoms with Crippen LogP contribution >= 0.6 is 0 Å². The smallest absolute Gasteiger partial charge is 0.251 e. The summed E-state index contributed by atoms with van der Waals surface area (Å²) in [5, 5.41) is 1.78. The van der Waals surface area contributed by atoms with Gasteiger partial charge in [-0.05, 0) is 23.8 Å². The fourth-order valence-corrected chi connectivity index (χ4v) is 1.80. The molecule has 1 fully saturated rings. The van der Waals surface area contributed by atoms with Gasteiger partial charge >= 0.3 is 0 Å². The van der Waals surface area contributed by atoms with Crippen molar-refractivity contribution in [3.8, 4) is 0 Å². The van der Waals surface area contributed by atoms with Gasteiger partial charge in [0.05, 0.1) is 7.11 Å². The molecule has 0 aromatic heterocycles. The molecule has 0 saturated carbocycles. The summed E-state index contributed by atoms with van der Waals surface area (Å²) in [6, 6.07) is 0. The molecule has 1 aliphatic rings. The van der Waals surface area contributed by atoms with Gasteiger partial charge < -0.3 is 9.47 Å². The molecule has 5 heteroatoms. The van der Waals surface area contributed by atoms with E-state index in [2.05, 4.69) is 0 Å². The standard InChI is InChI=1S/C9H19NO3.H4Si/c1-11-9(12-2)7-5-4-6-8-10(9)13-3;/h4-8H2,1-3H3;1H4. The van der Waals surface area contributed by atoms with Crippen LogP contribution in [0, 0.1) is 0 Å². The number of hydrogen-bond donors (Lipinski definition) is 0. The molecule has 1 aliphatic heterocycles. The molecule has 1 saturated heterocycles. The minimum Gasteiger partial charge on any atom is -0.339 e. The first-order chi connectivity index (χ1) is 6.29. The van der Waals surface area contributed by atoms with Crippen LogP contribution in [-0.2, 0) is 14.3 Å². The second-order valence-electron chi connectivity index (χ2n) is 3.22. The Balaban J connectivity index is 0.00000169. The molecule has 14 heavy (non-hydrogen) atoms. The van der Waals surface area contributed by atoms with Gasteiger partial charge in [0.25, 0.3) is 5.91 Å². The first-order valence-corrected chi connectivity index (χ1v) is 4.71. The highest BCUT2D eigenvalue weighted by Crippen LogP contribution is 2.28. The Kier molecular flexibility index (Phi) is 6.55. The fourth-order valence-electron chi connectivity index (χ4n) is 1.80. The molecule has 4 nitrogen and oxygen atoms in total. The van der Waals surface area contributed by atoms with E-state index in [0.717, 1.165) is 25.8 Å². The number of hydrogen-bond acceptors (Lipinski definition) is 4. The topological polar surface area (TPSA) is 30.9 Å². The van der Waals surface area contributed by atoms with Crippen LogP contribution in [0.5, 0.6) is 0 Å². The lowest BCUT2D eigenvalue weighted by molar-refractivity contribution is -0.387. The normalized spacial score (nSPS) is 22.5. The van der Waals surface area contributed by atoms with Crippen LogP contribution in [0.2, 0.25) is 0 Å². The second kappa shape index (κ2) is 6.52. The molecule has 1 heterocycles. The lowest BCUT2D eigenvalue weighted by Gasteiger charge is -2.37. The molecule has 0 amide bonds. The summed E-state index contributed by atoms with van der Waals surface area (Å²) in [6.45, 7) is 0.859. The van der Waals surface area contributed by atoms with Crippen molar-refractivity contribution in [3.05, 3.63) is 0 Å². The third kappa shape index (κ3) is 2.77. The molecule has 0 atom stereocenters. The number of nitrogens with zero attached hydrogens (tertiary/aromatic N) is 1. The predicted molar refractivity (Wildman–Crippen MR) is 60.3 cm³/mol. The lowest BCUT2D eigenvalue weighted by Crippen LogP contribution is -2.50. The molecule has 0 bridgehead atoms. The van der Waals surface area contributed by atoms with E-state index in [9.17, 15) is 0 Å². The maximum atomic E-state index is 5.39. The third-order valence-corrected chi connectivity index (χ3v) is 2.59. The largest absolute Gasteiger partial charge is 0.339 e. The van der Waals surface area contributed by atoms with E-state index in [4.69, 9.17) is 14.3 Å². The van der Waals surface area contributed by atoms with Crippen LogP contribution in [-0.4, -0.2) is 49.8 Å². The monoisotopic (exact) mass is 221 g/mol. The Morgan fingerprint density at radius 3 is 2.14 bits per heavy atom. The summed E-state index contributed by atoms with van der Waals surface area (Å²) in [5.41, 5.74) is 0. The summed E-state index contributed by atoms with van der Waals surface area (Å²) in [5.74, 6) is -0.675. The third-order valence-electron chi connectivity index (χ3n) is 2.59. The molecule has 1 rings (SSSR count). The van der Waals surface area contributed by atoms with Gasteiger partial charge in [-0.25, -0.2) is 0 Å². The second-order valence-corrected chi connectivity index (χ2v) is 3.22. The average molecular weight is 221 g/mol. The van der Waals surface area contributed by atoms with Crippen LogP contribution in [0.25, 0.3) is 0 Å². The molecule has 86 valence electrons. The molecule has 0 aromatic rings. The van der Waals surface area contributed by atoms with E-state index in [1.165, 1.54) is 6.42 Å². The average Bonchev–Trinajstić information content (AvgIpc) is 2.39. The molecule has 0 unspecified atom stereocenters. The van der Waals surface area contributed by atoms with Crippen LogP contribution in [0.15, 0.2) is 0 Å². The van der Waals surface area contributed by atoms with Gasteiger partial charge in [0, 0.05) is 27.2 Å². The highest BCUT2D eigenvalue weighted by Gasteiger charge is 2.38. The van der Waals surface area contributed by atoms with E-state index < -0.39 is 5.91 Å². The molecule has 0 aromatic carbocycles. The lowest BCUT2D eigenvalue weighted by atomic mass is 10.2. The Hall–Kier alpha value is 0.0569. The molecule has 0 aliphatic carbocycles. The van der Waals surface area contributed by atoms with Gasteiger partial charge in [-0.15, -0.1) is 5.06 Å². The molecule has 0 radical (unpaired) electrons. The Bertz CT molecular complexity index is 153. The fraction of sp³-hybridized carbons (Fsp3) is 1.00. The summed E-state index contributed by atoms with van der Waals surface area (Å²) < 4.78 is 10.8. The van der Waals surface area contributed by atoms with E-state index in [1.807, 2.05) is 0 Å². The SMILES string of the molecule is CON1CCCCCC1(OC)OC.[SiH4]. The number of methoxy groups -OCH3 is 2. The van der Waals surface area contributed by atoms with Crippen LogP contribution < -0.4 is 0 Å². The summed E-state index contributed by atoms with van der Waals surface area (Å²) in [6.07, 6.45) is 4.30. The Morgan fingerprint density at radius 2 is 1.64 bits per heavy atom. The molecule has 0 N–H and O–H groups in total. The Morgan fingerprint density at radius 1 is 1.00 bits per heavy atom. The van der Waals surface area contributed by atoms with E-state index in [-0.39, 0.29) is 11.0 Å². The quantitative estimate of drug-likeness (QED) is 0.493. The van der Waals surface area contributed by atoms with Gasteiger partial charge in [0.1, 0.15) is 0 Å². The number of hydroxylamine groups is 2.